The van der Waals surface area contributed by atoms with E-state index in [9.17, 15) is 0 Å². The summed E-state index contributed by atoms with van der Waals surface area (Å²) in [5.41, 5.74) is 13.4. The first-order chi connectivity index (χ1) is 13.6. The van der Waals surface area contributed by atoms with Gasteiger partial charge in [0.05, 0.1) is 0 Å². The number of rotatable bonds is 4. The fourth-order valence-corrected chi connectivity index (χ4v) is 6.89. The van der Waals surface area contributed by atoms with Crippen LogP contribution < -0.4 is 0 Å². The van der Waals surface area contributed by atoms with Crippen LogP contribution >= 0.6 is 0 Å². The van der Waals surface area contributed by atoms with E-state index >= 15 is 0 Å². The predicted octanol–water partition coefficient (Wildman–Crippen LogP) is 7.58. The van der Waals surface area contributed by atoms with Crippen molar-refractivity contribution in [2.75, 3.05) is 0 Å². The molecule has 0 amide bonds. The molecular formula is C29H40. The fourth-order valence-electron chi connectivity index (χ4n) is 6.89. The molecule has 2 aromatic rings. The molecule has 0 radical (unpaired) electrons. The summed E-state index contributed by atoms with van der Waals surface area (Å²) in [4.78, 5) is 0. The molecule has 0 saturated heterocycles. The smallest absolute Gasteiger partial charge is 0.0225 e. The van der Waals surface area contributed by atoms with E-state index in [2.05, 4.69) is 79.7 Å². The third-order valence-electron chi connectivity index (χ3n) is 8.18. The van der Waals surface area contributed by atoms with Gasteiger partial charge in [-0.15, -0.1) is 0 Å². The van der Waals surface area contributed by atoms with Gasteiger partial charge in [-0.25, -0.2) is 0 Å². The predicted molar refractivity (Wildman–Crippen MR) is 126 cm³/mol. The highest BCUT2D eigenvalue weighted by molar-refractivity contribution is 5.62. The fraction of sp³-hybridized carbons (Fsp3) is 0.586. The van der Waals surface area contributed by atoms with E-state index < -0.39 is 0 Å². The Bertz CT molecular complexity index is 875. The van der Waals surface area contributed by atoms with Crippen LogP contribution in [0.2, 0.25) is 0 Å². The minimum Gasteiger partial charge on any atom is -0.0613 e. The molecule has 156 valence electrons. The summed E-state index contributed by atoms with van der Waals surface area (Å²) in [7, 11) is 0. The topological polar surface area (TPSA) is 0 Å². The molecule has 2 aliphatic rings. The molecule has 0 heterocycles. The molecule has 0 atom stereocenters. The number of aryl methyl sites for hydroxylation is 4. The molecule has 0 aromatic heterocycles. The number of hydrogen-bond donors (Lipinski definition) is 0. The zero-order chi connectivity index (χ0) is 21.2. The van der Waals surface area contributed by atoms with Gasteiger partial charge in [0.15, 0.2) is 0 Å². The number of fused-ring (bicyclic) bond motifs is 4. The van der Waals surface area contributed by atoms with E-state index in [-0.39, 0.29) is 16.2 Å². The molecule has 0 aliphatic heterocycles. The second-order valence-corrected chi connectivity index (χ2v) is 11.0. The van der Waals surface area contributed by atoms with Gasteiger partial charge in [-0.3, -0.25) is 0 Å². The maximum Gasteiger partial charge on any atom is 0.0225 e. The summed E-state index contributed by atoms with van der Waals surface area (Å²) in [5.74, 6) is 0. The second kappa shape index (κ2) is 6.73. The number of benzene rings is 2. The van der Waals surface area contributed by atoms with Gasteiger partial charge >= 0.3 is 0 Å². The minimum atomic E-state index is 0.185. The Kier molecular flexibility index (Phi) is 4.80. The van der Waals surface area contributed by atoms with Gasteiger partial charge in [-0.1, -0.05) is 79.7 Å². The van der Waals surface area contributed by atoms with E-state index in [1.807, 2.05) is 0 Å². The van der Waals surface area contributed by atoms with Crippen LogP contribution in [0, 0.1) is 0 Å². The Morgan fingerprint density at radius 2 is 0.793 bits per heavy atom. The van der Waals surface area contributed by atoms with Crippen molar-refractivity contribution in [3.63, 3.8) is 0 Å². The maximum absolute atomic E-state index is 2.62. The lowest BCUT2D eigenvalue weighted by Gasteiger charge is -2.31. The van der Waals surface area contributed by atoms with Crippen molar-refractivity contribution in [3.05, 3.63) is 68.8 Å². The van der Waals surface area contributed by atoms with Crippen molar-refractivity contribution >= 4 is 0 Å². The van der Waals surface area contributed by atoms with Gasteiger partial charge in [0.25, 0.3) is 0 Å². The normalized spacial score (nSPS) is 20.1. The molecule has 2 aromatic carbocycles. The first-order valence-corrected chi connectivity index (χ1v) is 12.0. The van der Waals surface area contributed by atoms with Crippen LogP contribution in [0.5, 0.6) is 0 Å². The lowest BCUT2D eigenvalue weighted by Crippen LogP contribution is -2.27. The third-order valence-corrected chi connectivity index (χ3v) is 8.18. The van der Waals surface area contributed by atoms with Crippen molar-refractivity contribution in [1.82, 2.24) is 0 Å². The summed E-state index contributed by atoms with van der Waals surface area (Å²) in [6, 6.07) is 10.4. The third kappa shape index (κ3) is 2.85. The van der Waals surface area contributed by atoms with Crippen LogP contribution in [0.15, 0.2) is 24.3 Å². The highest BCUT2D eigenvalue weighted by Crippen LogP contribution is 2.63. The summed E-state index contributed by atoms with van der Waals surface area (Å²) in [6.45, 7) is 19.2. The number of hydrogen-bond acceptors (Lipinski definition) is 0. The maximum atomic E-state index is 2.62. The standard InChI is InChI=1S/C29H40/c1-9-19-13-23-25(15-21(19)11-3)29(17-27(23,5)6)18-28(7,8)24-14-20(10-2)22(12-4)16-26(24)29/h13-16H,9-12,17-18H2,1-8H3. The quantitative estimate of drug-likeness (QED) is 0.506. The van der Waals surface area contributed by atoms with Gasteiger partial charge in [-0.05, 0) is 93.9 Å². The van der Waals surface area contributed by atoms with E-state index in [0.29, 0.717) is 0 Å². The van der Waals surface area contributed by atoms with Crippen molar-refractivity contribution in [3.8, 4) is 0 Å². The molecule has 4 rings (SSSR count). The Hall–Kier alpha value is -1.56. The monoisotopic (exact) mass is 388 g/mol. The second-order valence-electron chi connectivity index (χ2n) is 11.0. The molecule has 0 saturated carbocycles. The van der Waals surface area contributed by atoms with Gasteiger partial charge in [0.2, 0.25) is 0 Å². The Morgan fingerprint density at radius 1 is 0.517 bits per heavy atom. The zero-order valence-corrected chi connectivity index (χ0v) is 20.1. The Balaban J connectivity index is 2.04. The van der Waals surface area contributed by atoms with E-state index in [1.165, 1.54) is 12.8 Å². The molecule has 0 N–H and O–H groups in total. The molecule has 0 bridgehead atoms. The van der Waals surface area contributed by atoms with Crippen molar-refractivity contribution in [2.24, 2.45) is 0 Å². The largest absolute Gasteiger partial charge is 0.0613 e. The van der Waals surface area contributed by atoms with E-state index in [0.717, 1.165) is 25.7 Å². The lowest BCUT2D eigenvalue weighted by atomic mass is 9.72. The highest BCUT2D eigenvalue weighted by Gasteiger charge is 2.56. The molecule has 0 nitrogen and oxygen atoms in total. The molecule has 1 spiro atoms. The van der Waals surface area contributed by atoms with E-state index in [1.54, 1.807) is 44.5 Å². The summed E-state index contributed by atoms with van der Waals surface area (Å²) < 4.78 is 0. The minimum absolute atomic E-state index is 0.185. The molecular weight excluding hydrogens is 348 g/mol. The van der Waals surface area contributed by atoms with Crippen LogP contribution in [0.4, 0.5) is 0 Å². The van der Waals surface area contributed by atoms with Crippen molar-refractivity contribution in [2.45, 2.75) is 110 Å². The van der Waals surface area contributed by atoms with Crippen LogP contribution in [0.1, 0.15) is 113 Å². The van der Waals surface area contributed by atoms with Gasteiger partial charge < -0.3 is 0 Å². The van der Waals surface area contributed by atoms with Gasteiger partial charge in [0.1, 0.15) is 0 Å². The lowest BCUT2D eigenvalue weighted by molar-refractivity contribution is 0.349. The molecule has 29 heavy (non-hydrogen) atoms. The average molecular weight is 389 g/mol. The van der Waals surface area contributed by atoms with Crippen LogP contribution in [-0.4, -0.2) is 0 Å². The van der Waals surface area contributed by atoms with Gasteiger partial charge in [-0.2, -0.15) is 0 Å². The zero-order valence-electron chi connectivity index (χ0n) is 20.1. The summed E-state index contributed by atoms with van der Waals surface area (Å²) in [6.07, 6.45) is 7.05. The molecule has 0 unspecified atom stereocenters. The van der Waals surface area contributed by atoms with Crippen LogP contribution in [-0.2, 0) is 41.9 Å². The van der Waals surface area contributed by atoms with Crippen LogP contribution in [0.3, 0.4) is 0 Å². The SMILES string of the molecule is CCc1cc2c(cc1CC)C1(CC2(C)C)CC(C)(C)c2cc(CC)c(CC)cc21. The average Bonchev–Trinajstić information content (AvgIpc) is 3.04. The van der Waals surface area contributed by atoms with Crippen LogP contribution in [0.25, 0.3) is 0 Å². The highest BCUT2D eigenvalue weighted by atomic mass is 14.6. The van der Waals surface area contributed by atoms with E-state index in [4.69, 9.17) is 0 Å². The summed E-state index contributed by atoms with van der Waals surface area (Å²) in [5, 5.41) is 0. The first-order valence-electron chi connectivity index (χ1n) is 12.0. The molecule has 0 heteroatoms. The van der Waals surface area contributed by atoms with Crippen molar-refractivity contribution < 1.29 is 0 Å². The molecule has 0 fully saturated rings. The van der Waals surface area contributed by atoms with Gasteiger partial charge in [0, 0.05) is 5.41 Å². The van der Waals surface area contributed by atoms with Crippen molar-refractivity contribution in [1.29, 1.82) is 0 Å². The Morgan fingerprint density at radius 3 is 1.07 bits per heavy atom. The summed E-state index contributed by atoms with van der Waals surface area (Å²) >= 11 is 0. The Labute approximate surface area is 179 Å². The molecule has 2 aliphatic carbocycles. The first kappa shape index (κ1) is 20.7.